The summed E-state index contributed by atoms with van der Waals surface area (Å²) in [5.74, 6) is 0. The van der Waals surface area contributed by atoms with Crippen LogP contribution in [-0.4, -0.2) is 27.6 Å². The highest BCUT2D eigenvalue weighted by Crippen LogP contribution is 2.26. The van der Waals surface area contributed by atoms with Gasteiger partial charge < -0.3 is 10.4 Å². The van der Waals surface area contributed by atoms with Crippen molar-refractivity contribution in [3.63, 3.8) is 0 Å². The van der Waals surface area contributed by atoms with Gasteiger partial charge in [0.05, 0.1) is 6.61 Å². The van der Waals surface area contributed by atoms with Gasteiger partial charge in [-0.15, -0.1) is 0 Å². The van der Waals surface area contributed by atoms with Gasteiger partial charge in [-0.05, 0) is 12.8 Å². The van der Waals surface area contributed by atoms with Gasteiger partial charge in [-0.3, -0.25) is 0 Å². The SMILES string of the molecule is CCC(CC)(CO)CNc1ncns1. The Hall–Kier alpha value is -0.680. The maximum absolute atomic E-state index is 9.33. The van der Waals surface area contributed by atoms with E-state index in [-0.39, 0.29) is 12.0 Å². The van der Waals surface area contributed by atoms with Crippen molar-refractivity contribution in [3.8, 4) is 0 Å². The highest BCUT2D eigenvalue weighted by molar-refractivity contribution is 7.09. The van der Waals surface area contributed by atoms with E-state index in [1.54, 1.807) is 0 Å². The highest BCUT2D eigenvalue weighted by Gasteiger charge is 2.25. The monoisotopic (exact) mass is 215 g/mol. The van der Waals surface area contributed by atoms with Gasteiger partial charge in [-0.2, -0.15) is 4.37 Å². The maximum atomic E-state index is 9.33. The van der Waals surface area contributed by atoms with Crippen molar-refractivity contribution in [1.82, 2.24) is 9.36 Å². The lowest BCUT2D eigenvalue weighted by Crippen LogP contribution is -2.32. The van der Waals surface area contributed by atoms with E-state index in [0.29, 0.717) is 0 Å². The van der Waals surface area contributed by atoms with Crippen LogP contribution in [0.2, 0.25) is 0 Å². The Morgan fingerprint density at radius 2 is 2.21 bits per heavy atom. The van der Waals surface area contributed by atoms with Crippen molar-refractivity contribution >= 4 is 16.7 Å². The van der Waals surface area contributed by atoms with Crippen LogP contribution in [0, 0.1) is 5.41 Å². The largest absolute Gasteiger partial charge is 0.396 e. The molecule has 0 aromatic carbocycles. The molecule has 1 aromatic heterocycles. The van der Waals surface area contributed by atoms with E-state index < -0.39 is 0 Å². The molecule has 0 radical (unpaired) electrons. The Labute approximate surface area is 88.6 Å². The van der Waals surface area contributed by atoms with E-state index in [4.69, 9.17) is 0 Å². The van der Waals surface area contributed by atoms with Crippen molar-refractivity contribution < 1.29 is 5.11 Å². The zero-order valence-electron chi connectivity index (χ0n) is 8.66. The average molecular weight is 215 g/mol. The second-order valence-corrected chi connectivity index (χ2v) is 4.25. The van der Waals surface area contributed by atoms with Crippen LogP contribution >= 0.6 is 11.5 Å². The number of nitrogens with one attached hydrogen (secondary N) is 1. The zero-order valence-corrected chi connectivity index (χ0v) is 9.47. The Morgan fingerprint density at radius 1 is 1.50 bits per heavy atom. The van der Waals surface area contributed by atoms with Crippen LogP contribution in [0.3, 0.4) is 0 Å². The van der Waals surface area contributed by atoms with Gasteiger partial charge in [0.1, 0.15) is 6.33 Å². The highest BCUT2D eigenvalue weighted by atomic mass is 32.1. The number of hydrogen-bond donors (Lipinski definition) is 2. The van der Waals surface area contributed by atoms with E-state index in [9.17, 15) is 5.11 Å². The Bertz CT molecular complexity index is 238. The summed E-state index contributed by atoms with van der Waals surface area (Å²) >= 11 is 1.34. The van der Waals surface area contributed by atoms with Crippen molar-refractivity contribution in [2.45, 2.75) is 26.7 Å². The van der Waals surface area contributed by atoms with Crippen LogP contribution in [-0.2, 0) is 0 Å². The molecule has 0 saturated heterocycles. The van der Waals surface area contributed by atoms with Crippen LogP contribution in [0.5, 0.6) is 0 Å². The predicted octanol–water partition coefficient (Wildman–Crippen LogP) is 1.75. The van der Waals surface area contributed by atoms with E-state index in [1.165, 1.54) is 17.9 Å². The molecule has 0 fully saturated rings. The van der Waals surface area contributed by atoms with Gasteiger partial charge in [0.25, 0.3) is 0 Å². The third-order valence-corrected chi connectivity index (χ3v) is 3.43. The second kappa shape index (κ2) is 5.26. The predicted molar refractivity (Wildman–Crippen MR) is 58.5 cm³/mol. The fourth-order valence-electron chi connectivity index (χ4n) is 1.29. The normalized spacial score (nSPS) is 11.6. The molecule has 0 aliphatic heterocycles. The minimum Gasteiger partial charge on any atom is -0.396 e. The first-order chi connectivity index (χ1) is 6.76. The van der Waals surface area contributed by atoms with E-state index in [2.05, 4.69) is 28.5 Å². The molecule has 0 aliphatic rings. The Morgan fingerprint density at radius 3 is 2.64 bits per heavy atom. The fraction of sp³-hybridized carbons (Fsp3) is 0.778. The van der Waals surface area contributed by atoms with Crippen LogP contribution < -0.4 is 5.32 Å². The smallest absolute Gasteiger partial charge is 0.202 e. The van der Waals surface area contributed by atoms with Crippen molar-refractivity contribution in [2.24, 2.45) is 5.41 Å². The average Bonchev–Trinajstić information content (AvgIpc) is 2.74. The van der Waals surface area contributed by atoms with Crippen LogP contribution in [0.4, 0.5) is 5.13 Å². The van der Waals surface area contributed by atoms with Gasteiger partial charge in [0.2, 0.25) is 5.13 Å². The lowest BCUT2D eigenvalue weighted by Gasteiger charge is -2.29. The number of nitrogens with zero attached hydrogens (tertiary/aromatic N) is 2. The van der Waals surface area contributed by atoms with E-state index in [1.807, 2.05) is 0 Å². The summed E-state index contributed by atoms with van der Waals surface area (Å²) in [6, 6.07) is 0. The van der Waals surface area contributed by atoms with Gasteiger partial charge in [-0.1, -0.05) is 13.8 Å². The standard InChI is InChI=1S/C9H17N3OS/c1-3-9(4-2,6-13)5-10-8-11-7-12-14-8/h7,13H,3-6H2,1-2H3,(H,10,11,12). The van der Waals surface area contributed by atoms with Crippen LogP contribution in [0.15, 0.2) is 6.33 Å². The molecule has 5 heteroatoms. The zero-order chi connectivity index (χ0) is 10.4. The molecule has 0 atom stereocenters. The molecular formula is C9H17N3OS. The van der Waals surface area contributed by atoms with Crippen molar-refractivity contribution in [3.05, 3.63) is 6.33 Å². The summed E-state index contributed by atoms with van der Waals surface area (Å²) in [5, 5.41) is 13.4. The molecule has 0 spiro atoms. The maximum Gasteiger partial charge on any atom is 0.202 e. The first-order valence-corrected chi connectivity index (χ1v) is 5.65. The van der Waals surface area contributed by atoms with Crippen molar-refractivity contribution in [1.29, 1.82) is 0 Å². The van der Waals surface area contributed by atoms with E-state index in [0.717, 1.165) is 24.5 Å². The summed E-state index contributed by atoms with van der Waals surface area (Å²) in [7, 11) is 0. The van der Waals surface area contributed by atoms with Crippen LogP contribution in [0.1, 0.15) is 26.7 Å². The number of hydrogen-bond acceptors (Lipinski definition) is 5. The summed E-state index contributed by atoms with van der Waals surface area (Å²) in [5.41, 5.74) is -0.0222. The van der Waals surface area contributed by atoms with Crippen molar-refractivity contribution in [2.75, 3.05) is 18.5 Å². The third kappa shape index (κ3) is 2.65. The minimum absolute atomic E-state index is 0.0222. The first-order valence-electron chi connectivity index (χ1n) is 4.87. The van der Waals surface area contributed by atoms with E-state index >= 15 is 0 Å². The Balaban J connectivity index is 2.48. The van der Waals surface area contributed by atoms with Gasteiger partial charge >= 0.3 is 0 Å². The molecule has 14 heavy (non-hydrogen) atoms. The molecule has 0 aliphatic carbocycles. The molecule has 1 rings (SSSR count). The molecule has 0 amide bonds. The molecule has 80 valence electrons. The number of rotatable bonds is 6. The fourth-order valence-corrected chi connectivity index (χ4v) is 1.72. The quantitative estimate of drug-likeness (QED) is 0.759. The first kappa shape index (κ1) is 11.4. The molecular weight excluding hydrogens is 198 g/mol. The lowest BCUT2D eigenvalue weighted by atomic mass is 9.83. The minimum atomic E-state index is -0.0222. The number of anilines is 1. The van der Waals surface area contributed by atoms with Gasteiger partial charge in [-0.25, -0.2) is 4.98 Å². The molecule has 0 saturated carbocycles. The molecule has 4 nitrogen and oxygen atoms in total. The molecule has 1 aromatic rings. The summed E-state index contributed by atoms with van der Waals surface area (Å²) in [4.78, 5) is 4.04. The van der Waals surface area contributed by atoms with Gasteiger partial charge in [0, 0.05) is 23.5 Å². The Kier molecular flexibility index (Phi) is 4.28. The summed E-state index contributed by atoms with van der Waals surface area (Å²) in [6.07, 6.45) is 3.46. The second-order valence-electron chi connectivity index (χ2n) is 3.47. The third-order valence-electron chi connectivity index (χ3n) is 2.81. The molecule has 2 N–H and O–H groups in total. The van der Waals surface area contributed by atoms with Gasteiger partial charge in [0.15, 0.2) is 0 Å². The number of aliphatic hydroxyl groups excluding tert-OH is 1. The molecule has 0 unspecified atom stereocenters. The topological polar surface area (TPSA) is 58.0 Å². The molecule has 1 heterocycles. The van der Waals surface area contributed by atoms with Crippen LogP contribution in [0.25, 0.3) is 0 Å². The number of aromatic nitrogens is 2. The number of aliphatic hydroxyl groups is 1. The molecule has 0 bridgehead atoms. The lowest BCUT2D eigenvalue weighted by molar-refractivity contribution is 0.127. The summed E-state index contributed by atoms with van der Waals surface area (Å²) in [6.45, 7) is 5.17. The summed E-state index contributed by atoms with van der Waals surface area (Å²) < 4.78 is 3.91.